The van der Waals surface area contributed by atoms with Crippen LogP contribution in [0.3, 0.4) is 0 Å². The van der Waals surface area contributed by atoms with Crippen LogP contribution in [0.1, 0.15) is 135 Å². The number of hydrogen-bond donors (Lipinski definition) is 3. The number of ether oxygens (including phenoxy) is 2. The Morgan fingerprint density at radius 1 is 0.721 bits per heavy atom. The van der Waals surface area contributed by atoms with Crippen LogP contribution in [0.25, 0.3) is 11.3 Å². The Hall–Kier alpha value is -5.74. The Bertz CT molecular complexity index is 2500. The van der Waals surface area contributed by atoms with Crippen LogP contribution >= 0.6 is 0 Å². The molecule has 0 radical (unpaired) electrons. The van der Waals surface area contributed by atoms with Gasteiger partial charge in [0.2, 0.25) is 0 Å². The minimum atomic E-state index is -0.938. The third-order valence-electron chi connectivity index (χ3n) is 15.0. The molecule has 1 aromatic heterocycles. The van der Waals surface area contributed by atoms with Gasteiger partial charge in [0, 0.05) is 48.8 Å². The van der Waals surface area contributed by atoms with E-state index in [2.05, 4.69) is 79.5 Å². The number of amides is 5. The number of nitrogens with two attached hydrogens (primary N) is 2. The normalized spacial score (nSPS) is 24.8. The number of rotatable bonds is 10. The van der Waals surface area contributed by atoms with Gasteiger partial charge in [-0.15, -0.1) is 4.48 Å². The molecule has 68 heavy (non-hydrogen) atoms. The van der Waals surface area contributed by atoms with Crippen molar-refractivity contribution in [2.75, 3.05) is 37.5 Å². The molecule has 4 aromatic rings. The zero-order valence-corrected chi connectivity index (χ0v) is 41.5. The molecule has 3 fully saturated rings. The van der Waals surface area contributed by atoms with Crippen molar-refractivity contribution in [3.63, 3.8) is 0 Å². The van der Waals surface area contributed by atoms with Gasteiger partial charge >= 0.3 is 30.0 Å². The molecule has 0 bridgehead atoms. The highest BCUT2D eigenvalue weighted by Gasteiger charge is 2.60. The Morgan fingerprint density at radius 3 is 1.75 bits per heavy atom. The molecular weight excluding hydrogens is 861 g/mol. The third kappa shape index (κ3) is 9.01. The molecule has 364 valence electrons. The SMILES string of the molecule is COC(=O)n1cc(-c2ccc([C@@H]3CC[C@@H](c4ccc(NC(=O)[N+]5(C(=O)[C@@H](N)C(C)C)CCC[C@H]5C)cc4)N3c3ccc(C(C)(C)C)cc3)cc2)nc1[C@@H]1CCC[N+]1(C(=O)OC)C(=O)[C@@H](N)C(C)C. The maximum Gasteiger partial charge on any atom is 0.523 e. The lowest BCUT2D eigenvalue weighted by Crippen LogP contribution is -2.65. The summed E-state index contributed by atoms with van der Waals surface area (Å²) in [6.45, 7) is 16.7. The van der Waals surface area contributed by atoms with E-state index in [0.717, 1.165) is 48.1 Å². The molecule has 2 unspecified atom stereocenters. The molecule has 0 saturated carbocycles. The van der Waals surface area contributed by atoms with Crippen molar-refractivity contribution in [1.82, 2.24) is 9.55 Å². The fourth-order valence-electron chi connectivity index (χ4n) is 10.7. The predicted octanol–water partition coefficient (Wildman–Crippen LogP) is 9.51. The van der Waals surface area contributed by atoms with E-state index in [4.69, 9.17) is 25.9 Å². The minimum absolute atomic E-state index is 0.00179. The lowest BCUT2D eigenvalue weighted by Gasteiger charge is -2.35. The minimum Gasteiger partial charge on any atom is -0.452 e. The zero-order chi connectivity index (χ0) is 49.5. The van der Waals surface area contributed by atoms with Crippen LogP contribution in [-0.2, 0) is 24.5 Å². The van der Waals surface area contributed by atoms with Gasteiger partial charge in [-0.2, -0.15) is 9.28 Å². The topological polar surface area (TPSA) is 189 Å². The van der Waals surface area contributed by atoms with Crippen LogP contribution < -0.4 is 21.7 Å². The first kappa shape index (κ1) is 50.1. The number of imidazole rings is 1. The Kier molecular flexibility index (Phi) is 14.5. The molecule has 5 amide bonds. The standard InChI is InChI=1S/C53H71N8O7/c1-32(2)45(54)48(62)60(29-11-13-34(60)5)50(64)56-39-23-19-37(20-24-39)43-28-27-42(59(43)40-25-21-38(22-26-40)53(6,7)8)36-17-15-35(16-18-36)41-31-58(51(65)67-9)47(57-41)44-14-12-30-61(44,52(66)68-10)49(63)46(55)33(3)4/h15-26,31-34,42-46H,11-14,27-30,54-55H2,1-10H3/q+1/p+1/t34-,42+,43+,44+,45+,46+,60?,61?/m1/s1. The number of imide groups is 2. The number of benzene rings is 3. The first-order valence-electron chi connectivity index (χ1n) is 24.2. The van der Waals surface area contributed by atoms with E-state index in [0.29, 0.717) is 30.8 Å². The predicted molar refractivity (Wildman–Crippen MR) is 262 cm³/mol. The summed E-state index contributed by atoms with van der Waals surface area (Å²) in [6, 6.07) is 22.0. The van der Waals surface area contributed by atoms with E-state index in [1.165, 1.54) is 24.4 Å². The number of carbonyl (C=O) groups excluding carboxylic acids is 5. The monoisotopic (exact) mass is 933 g/mol. The van der Waals surface area contributed by atoms with Crippen molar-refractivity contribution in [1.29, 1.82) is 0 Å². The van der Waals surface area contributed by atoms with Crippen molar-refractivity contribution >= 4 is 41.4 Å². The van der Waals surface area contributed by atoms with E-state index in [1.807, 2.05) is 58.9 Å². The first-order valence-corrected chi connectivity index (χ1v) is 24.2. The Labute approximate surface area is 401 Å². The Balaban J connectivity index is 1.19. The van der Waals surface area contributed by atoms with Crippen molar-refractivity contribution in [2.45, 2.75) is 136 Å². The molecule has 8 atom stereocenters. The number of nitrogens with one attached hydrogen (secondary N) is 1. The van der Waals surface area contributed by atoms with Crippen LogP contribution in [0.2, 0.25) is 0 Å². The lowest BCUT2D eigenvalue weighted by molar-refractivity contribution is -0.802. The summed E-state index contributed by atoms with van der Waals surface area (Å²) in [5, 5.41) is 3.09. The molecule has 5 N–H and O–H groups in total. The number of aromatic nitrogens is 2. The van der Waals surface area contributed by atoms with Crippen molar-refractivity contribution in [3.05, 3.63) is 102 Å². The summed E-state index contributed by atoms with van der Waals surface area (Å²) in [7, 11) is 2.53. The van der Waals surface area contributed by atoms with Gasteiger partial charge in [-0.25, -0.2) is 28.7 Å². The van der Waals surface area contributed by atoms with Gasteiger partial charge in [0.1, 0.15) is 18.1 Å². The Morgan fingerprint density at radius 2 is 1.25 bits per heavy atom. The number of hydrogen-bond acceptors (Lipinski definition) is 11. The molecular formula is C53H72N8O7+2. The second-order valence-corrected chi connectivity index (χ2v) is 20.8. The number of methoxy groups -OCH3 is 2. The number of carbonyl (C=O) groups is 5. The van der Waals surface area contributed by atoms with Crippen molar-refractivity contribution < 1.29 is 42.4 Å². The van der Waals surface area contributed by atoms with E-state index >= 15 is 0 Å². The molecule has 4 heterocycles. The van der Waals surface area contributed by atoms with Gasteiger partial charge in [0.05, 0.1) is 45.1 Å². The van der Waals surface area contributed by atoms with E-state index < -0.39 is 40.7 Å². The van der Waals surface area contributed by atoms with Gasteiger partial charge in [-0.05, 0) is 78.0 Å². The molecule has 7 rings (SSSR count). The van der Waals surface area contributed by atoms with Crippen LogP contribution in [0.4, 0.5) is 25.8 Å². The molecule has 3 aliphatic heterocycles. The van der Waals surface area contributed by atoms with Gasteiger partial charge in [-0.1, -0.05) is 97.0 Å². The average Bonchev–Trinajstić information content (AvgIpc) is 4.15. The number of urea groups is 1. The summed E-state index contributed by atoms with van der Waals surface area (Å²) in [5.74, 6) is -0.803. The van der Waals surface area contributed by atoms with Gasteiger partial charge < -0.3 is 25.8 Å². The van der Waals surface area contributed by atoms with E-state index in [9.17, 15) is 24.0 Å². The quantitative estimate of drug-likeness (QED) is 0.129. The number of likely N-dealkylation sites (tertiary alicyclic amines) is 2. The molecule has 0 spiro atoms. The van der Waals surface area contributed by atoms with Gasteiger partial charge in [0.25, 0.3) is 0 Å². The smallest absolute Gasteiger partial charge is 0.452 e. The maximum absolute atomic E-state index is 14.1. The third-order valence-corrected chi connectivity index (χ3v) is 15.0. The van der Waals surface area contributed by atoms with E-state index in [1.54, 1.807) is 6.20 Å². The highest BCUT2D eigenvalue weighted by Crippen LogP contribution is 2.48. The molecule has 3 saturated heterocycles. The fourth-order valence-corrected chi connectivity index (χ4v) is 10.7. The molecule has 3 aliphatic rings. The van der Waals surface area contributed by atoms with Crippen LogP contribution in [-0.4, -0.2) is 94.0 Å². The number of quaternary nitrogens is 2. The highest BCUT2D eigenvalue weighted by molar-refractivity contribution is 5.94. The van der Waals surface area contributed by atoms with Crippen LogP contribution in [0.5, 0.6) is 0 Å². The molecule has 15 heteroatoms. The van der Waals surface area contributed by atoms with Crippen LogP contribution in [0, 0.1) is 11.8 Å². The second-order valence-electron chi connectivity index (χ2n) is 20.8. The maximum atomic E-state index is 14.1. The van der Waals surface area contributed by atoms with Gasteiger partial charge in [-0.3, -0.25) is 5.32 Å². The van der Waals surface area contributed by atoms with Crippen molar-refractivity contribution in [3.8, 4) is 11.3 Å². The number of nitrogens with zero attached hydrogens (tertiary/aromatic N) is 5. The van der Waals surface area contributed by atoms with Gasteiger partial charge in [0.15, 0.2) is 11.9 Å². The zero-order valence-electron chi connectivity index (χ0n) is 41.5. The second kappa shape index (κ2) is 19.7. The summed E-state index contributed by atoms with van der Waals surface area (Å²) in [4.78, 5) is 76.4. The van der Waals surface area contributed by atoms with E-state index in [-0.39, 0.29) is 64.2 Å². The highest BCUT2D eigenvalue weighted by atomic mass is 16.6. The number of anilines is 2. The van der Waals surface area contributed by atoms with Crippen LogP contribution in [0.15, 0.2) is 79.0 Å². The average molecular weight is 933 g/mol. The summed E-state index contributed by atoms with van der Waals surface area (Å²) in [5.41, 5.74) is 19.1. The first-order chi connectivity index (χ1) is 32.2. The molecule has 3 aromatic carbocycles. The molecule has 15 nitrogen and oxygen atoms in total. The fraction of sp³-hybridized carbons (Fsp3) is 0.509. The lowest BCUT2D eigenvalue weighted by atomic mass is 9.87. The summed E-state index contributed by atoms with van der Waals surface area (Å²) >= 11 is 0. The van der Waals surface area contributed by atoms with Crippen molar-refractivity contribution in [2.24, 2.45) is 23.3 Å². The summed E-state index contributed by atoms with van der Waals surface area (Å²) < 4.78 is 10.7. The largest absolute Gasteiger partial charge is 0.523 e. The molecule has 0 aliphatic carbocycles. The summed E-state index contributed by atoms with van der Waals surface area (Å²) in [6.07, 6.45) is 4.36.